The highest BCUT2D eigenvalue weighted by atomic mass is 16.5. The Bertz CT molecular complexity index is 798. The van der Waals surface area contributed by atoms with Crippen LogP contribution in [-0.4, -0.2) is 46.9 Å². The Morgan fingerprint density at radius 3 is 2.77 bits per heavy atom. The molecule has 4 rings (SSSR count). The van der Waals surface area contributed by atoms with Gasteiger partial charge in [0.1, 0.15) is 11.5 Å². The maximum absolute atomic E-state index is 12.5. The number of likely N-dealkylation sites (tertiary alicyclic amines) is 1. The normalized spacial score (nSPS) is 19.8. The summed E-state index contributed by atoms with van der Waals surface area (Å²) in [7, 11) is 1.74. The lowest BCUT2D eigenvalue weighted by Crippen LogP contribution is -2.38. The molecule has 1 aliphatic heterocycles. The van der Waals surface area contributed by atoms with Gasteiger partial charge in [-0.3, -0.25) is 9.59 Å². The maximum Gasteiger partial charge on any atom is 0.242 e. The molecule has 0 bridgehead atoms. The predicted molar refractivity (Wildman–Crippen MR) is 95.3 cm³/mol. The number of carbonyl (C=O) groups is 2. The number of rotatable bonds is 6. The molecule has 0 N–H and O–H groups in total. The average molecular weight is 353 g/mol. The first-order valence-corrected chi connectivity index (χ1v) is 9.12. The van der Waals surface area contributed by atoms with Gasteiger partial charge in [0.15, 0.2) is 0 Å². The van der Waals surface area contributed by atoms with Crippen LogP contribution in [0.25, 0.3) is 0 Å². The van der Waals surface area contributed by atoms with E-state index in [2.05, 4.69) is 5.16 Å². The van der Waals surface area contributed by atoms with E-state index in [1.807, 2.05) is 36.4 Å². The van der Waals surface area contributed by atoms with Gasteiger partial charge >= 0.3 is 0 Å². The van der Waals surface area contributed by atoms with Gasteiger partial charge in [0.05, 0.1) is 13.1 Å². The zero-order valence-corrected chi connectivity index (χ0v) is 14.9. The molecule has 0 radical (unpaired) electrons. The molecule has 2 fully saturated rings. The molecule has 2 heterocycles. The summed E-state index contributed by atoms with van der Waals surface area (Å²) in [6.45, 7) is 1.11. The summed E-state index contributed by atoms with van der Waals surface area (Å²) < 4.78 is 5.33. The smallest absolute Gasteiger partial charge is 0.242 e. The molecule has 1 aromatic carbocycles. The van der Waals surface area contributed by atoms with Gasteiger partial charge < -0.3 is 14.3 Å². The third kappa shape index (κ3) is 3.64. The second-order valence-electron chi connectivity index (χ2n) is 7.33. The highest BCUT2D eigenvalue weighted by Crippen LogP contribution is 2.40. The van der Waals surface area contributed by atoms with E-state index in [0.29, 0.717) is 25.4 Å². The Balaban J connectivity index is 1.32. The summed E-state index contributed by atoms with van der Waals surface area (Å²) in [5, 5.41) is 4.05. The molecule has 1 atom stereocenters. The van der Waals surface area contributed by atoms with Crippen molar-refractivity contribution in [2.75, 3.05) is 20.1 Å². The fourth-order valence-electron chi connectivity index (χ4n) is 3.45. The van der Waals surface area contributed by atoms with E-state index in [0.717, 1.165) is 29.9 Å². The molecule has 2 amide bonds. The van der Waals surface area contributed by atoms with Crippen LogP contribution in [0, 0.1) is 0 Å². The molecular weight excluding hydrogens is 330 g/mol. The summed E-state index contributed by atoms with van der Waals surface area (Å²) in [6.07, 6.45) is 2.78. The molecule has 136 valence electrons. The van der Waals surface area contributed by atoms with Crippen molar-refractivity contribution < 1.29 is 14.1 Å². The number of hydrogen-bond donors (Lipinski definition) is 0. The van der Waals surface area contributed by atoms with Crippen LogP contribution < -0.4 is 0 Å². The fraction of sp³-hybridized carbons (Fsp3) is 0.450. The zero-order valence-electron chi connectivity index (χ0n) is 14.9. The molecule has 0 unspecified atom stereocenters. The van der Waals surface area contributed by atoms with Gasteiger partial charge in [0.25, 0.3) is 0 Å². The molecule has 1 saturated heterocycles. The quantitative estimate of drug-likeness (QED) is 0.800. The highest BCUT2D eigenvalue weighted by molar-refractivity contribution is 5.86. The van der Waals surface area contributed by atoms with E-state index in [9.17, 15) is 9.59 Å². The van der Waals surface area contributed by atoms with Gasteiger partial charge in [-0.2, -0.15) is 0 Å². The minimum absolute atomic E-state index is 0.0399. The molecule has 1 aromatic heterocycles. The first kappa shape index (κ1) is 16.8. The number of carbonyl (C=O) groups excluding carboxylic acids is 2. The topological polar surface area (TPSA) is 66.7 Å². The Morgan fingerprint density at radius 1 is 1.27 bits per heavy atom. The largest absolute Gasteiger partial charge is 0.361 e. The molecule has 1 aliphatic carbocycles. The van der Waals surface area contributed by atoms with Crippen molar-refractivity contribution in [3.8, 4) is 0 Å². The number of likely N-dealkylation sites (N-methyl/N-ethyl adjacent to an activating group) is 1. The molecule has 0 spiro atoms. The SMILES string of the molecule is CN(Cc1cc(C2CC2)on1)C(=O)CN1C[C@@H](c2ccccc2)CC1=O. The van der Waals surface area contributed by atoms with Crippen LogP contribution >= 0.6 is 0 Å². The summed E-state index contributed by atoms with van der Waals surface area (Å²) in [5.41, 5.74) is 1.91. The highest BCUT2D eigenvalue weighted by Gasteiger charge is 2.32. The third-order valence-electron chi connectivity index (χ3n) is 5.19. The molecular formula is C20H23N3O3. The minimum Gasteiger partial charge on any atom is -0.361 e. The van der Waals surface area contributed by atoms with Crippen LogP contribution in [0.15, 0.2) is 40.9 Å². The zero-order chi connectivity index (χ0) is 18.1. The molecule has 6 heteroatoms. The number of aromatic nitrogens is 1. The first-order chi connectivity index (χ1) is 12.6. The summed E-state index contributed by atoms with van der Waals surface area (Å²) in [5.74, 6) is 1.55. The van der Waals surface area contributed by atoms with Gasteiger partial charge in [-0.05, 0) is 18.4 Å². The number of nitrogens with zero attached hydrogens (tertiary/aromatic N) is 3. The van der Waals surface area contributed by atoms with E-state index in [4.69, 9.17) is 4.52 Å². The van der Waals surface area contributed by atoms with Crippen molar-refractivity contribution in [3.05, 3.63) is 53.4 Å². The number of benzene rings is 1. The van der Waals surface area contributed by atoms with Gasteiger partial charge in [-0.15, -0.1) is 0 Å². The molecule has 26 heavy (non-hydrogen) atoms. The lowest BCUT2D eigenvalue weighted by Gasteiger charge is -2.21. The number of amides is 2. The predicted octanol–water partition coefficient (Wildman–Crippen LogP) is 2.53. The molecule has 1 saturated carbocycles. The second-order valence-corrected chi connectivity index (χ2v) is 7.33. The van der Waals surface area contributed by atoms with Crippen LogP contribution in [0.2, 0.25) is 0 Å². The molecule has 6 nitrogen and oxygen atoms in total. The average Bonchev–Trinajstić information content (AvgIpc) is 3.29. The van der Waals surface area contributed by atoms with E-state index < -0.39 is 0 Å². The van der Waals surface area contributed by atoms with Gasteiger partial charge in [0.2, 0.25) is 11.8 Å². The number of hydrogen-bond acceptors (Lipinski definition) is 4. The van der Waals surface area contributed by atoms with Crippen molar-refractivity contribution in [1.29, 1.82) is 0 Å². The van der Waals surface area contributed by atoms with Crippen molar-refractivity contribution in [1.82, 2.24) is 15.0 Å². The van der Waals surface area contributed by atoms with Crippen LogP contribution in [0.1, 0.15) is 48.1 Å². The van der Waals surface area contributed by atoms with Gasteiger partial charge in [-0.1, -0.05) is 35.5 Å². The van der Waals surface area contributed by atoms with Crippen LogP contribution in [0.5, 0.6) is 0 Å². The summed E-state index contributed by atoms with van der Waals surface area (Å²) >= 11 is 0. The van der Waals surface area contributed by atoms with Crippen molar-refractivity contribution in [3.63, 3.8) is 0 Å². The van der Waals surface area contributed by atoms with Crippen LogP contribution in [0.4, 0.5) is 0 Å². The van der Waals surface area contributed by atoms with E-state index >= 15 is 0 Å². The van der Waals surface area contributed by atoms with E-state index in [1.54, 1.807) is 16.8 Å². The third-order valence-corrected chi connectivity index (χ3v) is 5.19. The van der Waals surface area contributed by atoms with E-state index in [1.165, 1.54) is 0 Å². The summed E-state index contributed by atoms with van der Waals surface area (Å²) in [4.78, 5) is 28.1. The lowest BCUT2D eigenvalue weighted by molar-refractivity contribution is -0.137. The minimum atomic E-state index is -0.0805. The van der Waals surface area contributed by atoms with Gasteiger partial charge in [-0.25, -0.2) is 0 Å². The van der Waals surface area contributed by atoms with E-state index in [-0.39, 0.29) is 24.3 Å². The maximum atomic E-state index is 12.5. The Kier molecular flexibility index (Phi) is 4.49. The molecule has 2 aliphatic rings. The standard InChI is InChI=1S/C20H23N3O3/c1-22(12-17-10-18(26-21-17)15-7-8-15)20(25)13-23-11-16(9-19(23)24)14-5-3-2-4-6-14/h2-6,10,15-16H,7-9,11-13H2,1H3/t16-/m0/s1. The lowest BCUT2D eigenvalue weighted by atomic mass is 9.99. The Labute approximate surface area is 152 Å². The monoisotopic (exact) mass is 353 g/mol. The summed E-state index contributed by atoms with van der Waals surface area (Å²) in [6, 6.07) is 11.9. The Hall–Kier alpha value is -2.63. The van der Waals surface area contributed by atoms with Crippen molar-refractivity contribution >= 4 is 11.8 Å². The molecule has 2 aromatic rings. The van der Waals surface area contributed by atoms with Crippen molar-refractivity contribution in [2.24, 2.45) is 0 Å². The second kappa shape index (κ2) is 6.94. The van der Waals surface area contributed by atoms with Gasteiger partial charge in [0, 0.05) is 37.9 Å². The van der Waals surface area contributed by atoms with Crippen molar-refractivity contribution in [2.45, 2.75) is 37.6 Å². The Morgan fingerprint density at radius 2 is 2.04 bits per heavy atom. The van der Waals surface area contributed by atoms with Crippen LogP contribution in [0.3, 0.4) is 0 Å². The van der Waals surface area contributed by atoms with Crippen LogP contribution in [-0.2, 0) is 16.1 Å². The first-order valence-electron chi connectivity index (χ1n) is 9.12. The fourth-order valence-corrected chi connectivity index (χ4v) is 3.45.